The average molecular weight is 384 g/mol. The molecule has 0 bridgehead atoms. The number of nitrogens with zero attached hydrogens (tertiary/aromatic N) is 1. The van der Waals surface area contributed by atoms with E-state index >= 15 is 0 Å². The van der Waals surface area contributed by atoms with E-state index in [1.54, 1.807) is 0 Å². The van der Waals surface area contributed by atoms with E-state index in [0.29, 0.717) is 18.0 Å². The molecule has 1 saturated carbocycles. The highest BCUT2D eigenvalue weighted by Crippen LogP contribution is 2.49. The Labute approximate surface area is 176 Å². The number of rotatable bonds is 8. The van der Waals surface area contributed by atoms with Crippen molar-refractivity contribution in [1.82, 2.24) is 4.90 Å². The Kier molecular flexibility index (Phi) is 6.16. The van der Waals surface area contributed by atoms with E-state index < -0.39 is 0 Å². The molecule has 2 unspecified atom stereocenters. The van der Waals surface area contributed by atoms with Gasteiger partial charge in [-0.05, 0) is 43.9 Å². The highest BCUT2D eigenvalue weighted by molar-refractivity contribution is 5.48. The molecule has 1 heteroatoms. The van der Waals surface area contributed by atoms with Gasteiger partial charge in [0.15, 0.2) is 0 Å². The van der Waals surface area contributed by atoms with Crippen molar-refractivity contribution in [3.05, 3.63) is 102 Å². The molecule has 4 rings (SSSR count). The molecule has 0 aliphatic heterocycles. The van der Waals surface area contributed by atoms with Crippen molar-refractivity contribution in [2.75, 3.05) is 7.05 Å². The number of likely N-dealkylation sites (N-methyl/N-ethyl adjacent to an activating group) is 1. The molecule has 2 aliphatic carbocycles. The van der Waals surface area contributed by atoms with Gasteiger partial charge in [-0.3, -0.25) is 4.90 Å². The first-order valence-electron chi connectivity index (χ1n) is 11.1. The van der Waals surface area contributed by atoms with Crippen LogP contribution in [0.2, 0.25) is 0 Å². The first-order valence-corrected chi connectivity index (χ1v) is 11.1. The summed E-state index contributed by atoms with van der Waals surface area (Å²) in [4.78, 5) is 2.69. The molecular formula is C28H33N. The van der Waals surface area contributed by atoms with Gasteiger partial charge in [-0.1, -0.05) is 104 Å². The highest BCUT2D eigenvalue weighted by atomic mass is 15.2. The van der Waals surface area contributed by atoms with Crippen molar-refractivity contribution < 1.29 is 0 Å². The second-order valence-electron chi connectivity index (χ2n) is 8.63. The maximum Gasteiger partial charge on any atom is 0.0224 e. The van der Waals surface area contributed by atoms with Crippen LogP contribution in [0.5, 0.6) is 0 Å². The van der Waals surface area contributed by atoms with Crippen molar-refractivity contribution in [2.45, 2.75) is 50.6 Å². The summed E-state index contributed by atoms with van der Waals surface area (Å²) in [6.07, 6.45) is 18.6. The minimum absolute atomic E-state index is 0.217. The van der Waals surface area contributed by atoms with Crippen LogP contribution < -0.4 is 0 Å². The lowest BCUT2D eigenvalue weighted by Crippen LogP contribution is -2.46. The van der Waals surface area contributed by atoms with Crippen molar-refractivity contribution in [2.24, 2.45) is 5.41 Å². The van der Waals surface area contributed by atoms with Gasteiger partial charge < -0.3 is 0 Å². The molecule has 29 heavy (non-hydrogen) atoms. The van der Waals surface area contributed by atoms with E-state index in [1.807, 2.05) is 0 Å². The average Bonchev–Trinajstić information content (AvgIpc) is 3.59. The lowest BCUT2D eigenvalue weighted by molar-refractivity contribution is 0.110. The number of hydrogen-bond donors (Lipinski definition) is 0. The van der Waals surface area contributed by atoms with Crippen LogP contribution in [0, 0.1) is 5.41 Å². The standard InChI is InChI=1S/C28H33N/c1-3-28(20-11-6-12-21-28)27(19-13-16-23-14-7-4-8-15-23)29(2)26-22-25(26)24-17-9-5-10-18-24/h4-18,20,25-27H,3,19,21-22H2,1-2H3/t25-,26+,27?,28?/m0/s1. The minimum Gasteiger partial charge on any atom is -0.299 e. The fourth-order valence-electron chi connectivity index (χ4n) is 5.05. The molecule has 0 aromatic heterocycles. The minimum atomic E-state index is 0.217. The smallest absolute Gasteiger partial charge is 0.0224 e. The van der Waals surface area contributed by atoms with Crippen LogP contribution in [0.1, 0.15) is 49.7 Å². The van der Waals surface area contributed by atoms with Gasteiger partial charge in [0.05, 0.1) is 0 Å². The Balaban J connectivity index is 1.54. The maximum absolute atomic E-state index is 2.69. The van der Waals surface area contributed by atoms with Gasteiger partial charge in [0.2, 0.25) is 0 Å². The molecule has 2 aromatic carbocycles. The topological polar surface area (TPSA) is 3.24 Å². The largest absolute Gasteiger partial charge is 0.299 e. The van der Waals surface area contributed by atoms with Gasteiger partial charge in [-0.2, -0.15) is 0 Å². The molecule has 0 amide bonds. The zero-order valence-electron chi connectivity index (χ0n) is 17.7. The Morgan fingerprint density at radius 2 is 1.76 bits per heavy atom. The van der Waals surface area contributed by atoms with Crippen LogP contribution in [-0.2, 0) is 0 Å². The lowest BCUT2D eigenvalue weighted by Gasteiger charge is -2.44. The van der Waals surface area contributed by atoms with E-state index in [1.165, 1.54) is 24.0 Å². The van der Waals surface area contributed by atoms with Crippen LogP contribution in [0.4, 0.5) is 0 Å². The fraction of sp³-hybridized carbons (Fsp3) is 0.357. The predicted octanol–water partition coefficient (Wildman–Crippen LogP) is 6.86. The first kappa shape index (κ1) is 19.9. The summed E-state index contributed by atoms with van der Waals surface area (Å²) in [5.74, 6) is 0.679. The third-order valence-electron chi connectivity index (χ3n) is 6.96. The van der Waals surface area contributed by atoms with E-state index in [-0.39, 0.29) is 5.41 Å². The molecule has 2 aromatic rings. The van der Waals surface area contributed by atoms with Crippen molar-refractivity contribution in [1.29, 1.82) is 0 Å². The summed E-state index contributed by atoms with van der Waals surface area (Å²) in [5, 5.41) is 0. The van der Waals surface area contributed by atoms with Gasteiger partial charge in [-0.15, -0.1) is 0 Å². The van der Waals surface area contributed by atoms with Crippen LogP contribution in [-0.4, -0.2) is 24.0 Å². The van der Waals surface area contributed by atoms with Crippen LogP contribution >= 0.6 is 0 Å². The summed E-state index contributed by atoms with van der Waals surface area (Å²) in [5.41, 5.74) is 2.99. The molecule has 0 heterocycles. The third-order valence-corrected chi connectivity index (χ3v) is 6.96. The summed E-state index contributed by atoms with van der Waals surface area (Å²) in [6, 6.07) is 22.9. The molecule has 1 fully saturated rings. The second-order valence-corrected chi connectivity index (χ2v) is 8.63. The SMILES string of the molecule is CCC1(C(CC=Cc2ccccc2)N(C)[C@@H]2C[C@H]2c2ccccc2)C=CC=CC1. The molecule has 0 saturated heterocycles. The molecule has 4 atom stereocenters. The maximum atomic E-state index is 2.69. The van der Waals surface area contributed by atoms with E-state index in [9.17, 15) is 0 Å². The normalized spacial score (nSPS) is 26.9. The number of hydrogen-bond acceptors (Lipinski definition) is 1. The predicted molar refractivity (Wildman–Crippen MR) is 125 cm³/mol. The van der Waals surface area contributed by atoms with Gasteiger partial charge in [-0.25, -0.2) is 0 Å². The summed E-state index contributed by atoms with van der Waals surface area (Å²) in [6.45, 7) is 2.35. The molecular weight excluding hydrogens is 350 g/mol. The molecule has 0 spiro atoms. The second kappa shape index (κ2) is 8.97. The molecule has 0 N–H and O–H groups in total. The van der Waals surface area contributed by atoms with Crippen molar-refractivity contribution >= 4 is 6.08 Å². The lowest BCUT2D eigenvalue weighted by atomic mass is 9.71. The van der Waals surface area contributed by atoms with Gasteiger partial charge in [0.25, 0.3) is 0 Å². The van der Waals surface area contributed by atoms with E-state index in [4.69, 9.17) is 0 Å². The molecule has 2 aliphatic rings. The van der Waals surface area contributed by atoms with Gasteiger partial charge in [0.1, 0.15) is 0 Å². The third kappa shape index (κ3) is 4.46. The monoisotopic (exact) mass is 383 g/mol. The quantitative estimate of drug-likeness (QED) is 0.481. The number of allylic oxidation sites excluding steroid dienone is 3. The molecule has 150 valence electrons. The summed E-state index contributed by atoms with van der Waals surface area (Å²) >= 11 is 0. The van der Waals surface area contributed by atoms with Crippen LogP contribution in [0.15, 0.2) is 91.0 Å². The first-order chi connectivity index (χ1) is 14.2. The Morgan fingerprint density at radius 3 is 2.41 bits per heavy atom. The zero-order chi connectivity index (χ0) is 20.1. The Bertz CT molecular complexity index is 864. The zero-order valence-corrected chi connectivity index (χ0v) is 17.7. The summed E-state index contributed by atoms with van der Waals surface area (Å²) in [7, 11) is 2.36. The van der Waals surface area contributed by atoms with Crippen LogP contribution in [0.3, 0.4) is 0 Å². The van der Waals surface area contributed by atoms with Gasteiger partial charge >= 0.3 is 0 Å². The van der Waals surface area contributed by atoms with Crippen LogP contribution in [0.25, 0.3) is 6.08 Å². The van der Waals surface area contributed by atoms with Crippen molar-refractivity contribution in [3.8, 4) is 0 Å². The van der Waals surface area contributed by atoms with E-state index in [2.05, 4.69) is 116 Å². The fourth-order valence-corrected chi connectivity index (χ4v) is 5.05. The van der Waals surface area contributed by atoms with E-state index in [0.717, 1.165) is 12.8 Å². The van der Waals surface area contributed by atoms with Crippen molar-refractivity contribution in [3.63, 3.8) is 0 Å². The number of benzene rings is 2. The molecule has 1 nitrogen and oxygen atoms in total. The van der Waals surface area contributed by atoms with Gasteiger partial charge in [0, 0.05) is 23.4 Å². The highest BCUT2D eigenvalue weighted by Gasteiger charge is 2.47. The summed E-state index contributed by atoms with van der Waals surface area (Å²) < 4.78 is 0. The molecule has 0 radical (unpaired) electrons. The Hall–Kier alpha value is -2.38. The Morgan fingerprint density at radius 1 is 1.03 bits per heavy atom.